The first kappa shape index (κ1) is 19.8. The van der Waals surface area contributed by atoms with Crippen molar-refractivity contribution in [2.45, 2.75) is 26.2 Å². The molecule has 0 spiro atoms. The fraction of sp³-hybridized carbons (Fsp3) is 0.200. The Kier molecular flexibility index (Phi) is 6.36. The smallest absolute Gasteiger partial charge is 0.196 e. The predicted molar refractivity (Wildman–Crippen MR) is 116 cm³/mol. The van der Waals surface area contributed by atoms with E-state index < -0.39 is 0 Å². The lowest BCUT2D eigenvalue weighted by Crippen LogP contribution is -2.24. The van der Waals surface area contributed by atoms with Crippen LogP contribution in [0.2, 0.25) is 0 Å². The van der Waals surface area contributed by atoms with Crippen molar-refractivity contribution in [3.05, 3.63) is 58.7 Å². The second kappa shape index (κ2) is 9.32. The molecule has 2 N–H and O–H groups in total. The molecule has 4 nitrogen and oxygen atoms in total. The molecule has 2 aromatic carbocycles. The van der Waals surface area contributed by atoms with Crippen molar-refractivity contribution in [2.75, 3.05) is 17.2 Å². The summed E-state index contributed by atoms with van der Waals surface area (Å²) in [5.41, 5.74) is 2.66. The predicted octanol–water partition coefficient (Wildman–Crippen LogP) is 4.07. The molecule has 0 aromatic heterocycles. The SMILES string of the molecule is C#CC#CC#CNc1ccc(NCCCCC)c2c1C(=O)c1ccccc1C2=O. The highest BCUT2D eigenvalue weighted by molar-refractivity contribution is 6.31. The first-order valence-corrected chi connectivity index (χ1v) is 9.50. The van der Waals surface area contributed by atoms with E-state index in [0.717, 1.165) is 25.8 Å². The summed E-state index contributed by atoms with van der Waals surface area (Å²) in [4.78, 5) is 26.4. The zero-order valence-corrected chi connectivity index (χ0v) is 16.2. The molecule has 2 aromatic rings. The second-order valence-corrected chi connectivity index (χ2v) is 6.52. The van der Waals surface area contributed by atoms with Crippen LogP contribution in [-0.2, 0) is 0 Å². The molecular weight excluding hydrogens is 360 g/mol. The van der Waals surface area contributed by atoms with Gasteiger partial charge in [0.2, 0.25) is 0 Å². The van der Waals surface area contributed by atoms with Gasteiger partial charge in [-0.3, -0.25) is 9.59 Å². The van der Waals surface area contributed by atoms with Crippen LogP contribution in [0.4, 0.5) is 11.4 Å². The lowest BCUT2D eigenvalue weighted by atomic mass is 9.82. The van der Waals surface area contributed by atoms with Crippen LogP contribution in [0.15, 0.2) is 36.4 Å². The maximum absolute atomic E-state index is 13.2. The number of nitrogens with one attached hydrogen (secondary N) is 2. The number of terminal acetylenes is 1. The number of rotatable bonds is 6. The molecule has 1 aliphatic carbocycles. The van der Waals surface area contributed by atoms with Crippen LogP contribution in [0.3, 0.4) is 0 Å². The average molecular weight is 380 g/mol. The van der Waals surface area contributed by atoms with Gasteiger partial charge in [0.05, 0.1) is 16.8 Å². The van der Waals surface area contributed by atoms with E-state index in [-0.39, 0.29) is 11.6 Å². The number of anilines is 2. The topological polar surface area (TPSA) is 58.2 Å². The van der Waals surface area contributed by atoms with Gasteiger partial charge in [0.1, 0.15) is 0 Å². The summed E-state index contributed by atoms with van der Waals surface area (Å²) in [7, 11) is 0. The van der Waals surface area contributed by atoms with Crippen LogP contribution in [0.1, 0.15) is 58.0 Å². The number of unbranched alkanes of at least 4 members (excludes halogenated alkanes) is 2. The van der Waals surface area contributed by atoms with Crippen LogP contribution in [-0.4, -0.2) is 18.1 Å². The molecule has 1 aliphatic rings. The maximum Gasteiger partial charge on any atom is 0.196 e. The molecule has 0 aliphatic heterocycles. The quantitative estimate of drug-likeness (QED) is 0.384. The zero-order chi connectivity index (χ0) is 20.6. The molecular formula is C25H20N2O2. The third-order valence-electron chi connectivity index (χ3n) is 4.63. The number of fused-ring (bicyclic) bond motifs is 2. The summed E-state index contributed by atoms with van der Waals surface area (Å²) in [6.45, 7) is 2.87. The van der Waals surface area contributed by atoms with Gasteiger partial charge in [-0.05, 0) is 30.4 Å². The van der Waals surface area contributed by atoms with Gasteiger partial charge in [0.15, 0.2) is 11.6 Å². The lowest BCUT2D eigenvalue weighted by Gasteiger charge is -2.23. The third kappa shape index (κ3) is 4.16. The first-order chi connectivity index (χ1) is 14.2. The van der Waals surface area contributed by atoms with E-state index in [9.17, 15) is 9.59 Å². The van der Waals surface area contributed by atoms with E-state index >= 15 is 0 Å². The molecule has 0 unspecified atom stereocenters. The zero-order valence-electron chi connectivity index (χ0n) is 16.2. The Morgan fingerprint density at radius 2 is 1.52 bits per heavy atom. The largest absolute Gasteiger partial charge is 0.384 e. The summed E-state index contributed by atoms with van der Waals surface area (Å²) in [6.07, 6.45) is 8.26. The molecule has 0 radical (unpaired) electrons. The number of hydrogen-bond donors (Lipinski definition) is 2. The van der Waals surface area contributed by atoms with Gasteiger partial charge in [0, 0.05) is 41.2 Å². The van der Waals surface area contributed by atoms with Crippen LogP contribution >= 0.6 is 0 Å². The molecule has 142 valence electrons. The summed E-state index contributed by atoms with van der Waals surface area (Å²) in [5.74, 6) is 9.28. The van der Waals surface area contributed by atoms with Crippen molar-refractivity contribution in [1.29, 1.82) is 0 Å². The molecule has 0 amide bonds. The van der Waals surface area contributed by atoms with Gasteiger partial charge >= 0.3 is 0 Å². The number of benzene rings is 2. The van der Waals surface area contributed by atoms with Gasteiger partial charge in [-0.15, -0.1) is 6.42 Å². The Balaban J connectivity index is 2.05. The highest BCUT2D eigenvalue weighted by Crippen LogP contribution is 2.36. The Bertz CT molecular complexity index is 1130. The monoisotopic (exact) mass is 380 g/mol. The van der Waals surface area contributed by atoms with E-state index in [0.29, 0.717) is 33.6 Å². The van der Waals surface area contributed by atoms with E-state index in [4.69, 9.17) is 6.42 Å². The van der Waals surface area contributed by atoms with Crippen molar-refractivity contribution in [1.82, 2.24) is 0 Å². The molecule has 0 bridgehead atoms. The van der Waals surface area contributed by atoms with Gasteiger partial charge in [-0.2, -0.15) is 0 Å². The second-order valence-electron chi connectivity index (χ2n) is 6.52. The van der Waals surface area contributed by atoms with Crippen molar-refractivity contribution in [2.24, 2.45) is 0 Å². The Labute approximate surface area is 171 Å². The summed E-state index contributed by atoms with van der Waals surface area (Å²) >= 11 is 0. The summed E-state index contributed by atoms with van der Waals surface area (Å²) in [5, 5.41) is 6.20. The summed E-state index contributed by atoms with van der Waals surface area (Å²) < 4.78 is 0. The van der Waals surface area contributed by atoms with Crippen LogP contribution in [0, 0.1) is 36.1 Å². The van der Waals surface area contributed by atoms with Gasteiger partial charge in [-0.25, -0.2) is 0 Å². The number of carbonyl (C=O) groups excluding carboxylic acids is 2. The lowest BCUT2D eigenvalue weighted by molar-refractivity contribution is 0.0980. The van der Waals surface area contributed by atoms with Crippen molar-refractivity contribution in [3.8, 4) is 36.1 Å². The van der Waals surface area contributed by atoms with Crippen LogP contribution < -0.4 is 10.6 Å². The van der Waals surface area contributed by atoms with E-state index in [1.807, 2.05) is 0 Å². The fourth-order valence-electron chi connectivity index (χ4n) is 3.27. The number of carbonyl (C=O) groups is 2. The minimum absolute atomic E-state index is 0.170. The first-order valence-electron chi connectivity index (χ1n) is 9.50. The molecule has 29 heavy (non-hydrogen) atoms. The highest BCUT2D eigenvalue weighted by Gasteiger charge is 2.33. The van der Waals surface area contributed by atoms with Gasteiger partial charge in [-0.1, -0.05) is 44.0 Å². The molecule has 3 rings (SSSR count). The normalized spacial score (nSPS) is 11.0. The minimum Gasteiger partial charge on any atom is -0.384 e. The number of hydrogen-bond acceptors (Lipinski definition) is 4. The van der Waals surface area contributed by atoms with Gasteiger partial charge in [0.25, 0.3) is 0 Å². The summed E-state index contributed by atoms with van der Waals surface area (Å²) in [6, 6.07) is 13.1. The minimum atomic E-state index is -0.202. The van der Waals surface area contributed by atoms with Crippen LogP contribution in [0.25, 0.3) is 0 Å². The molecule has 4 heteroatoms. The van der Waals surface area contributed by atoms with E-state index in [1.54, 1.807) is 36.4 Å². The van der Waals surface area contributed by atoms with E-state index in [2.05, 4.69) is 47.3 Å². The molecule has 0 saturated carbocycles. The van der Waals surface area contributed by atoms with Crippen molar-refractivity contribution in [3.63, 3.8) is 0 Å². The third-order valence-corrected chi connectivity index (χ3v) is 4.63. The maximum atomic E-state index is 13.2. The standard InChI is InChI=1S/C25H20N2O2/c1-3-5-7-11-17-27-21-15-14-20(26-16-10-6-4-2)22-23(21)25(29)19-13-9-8-12-18(19)24(22)28/h1,8-9,12-15,26-27H,4,6,10,16H2,2H3. The van der Waals surface area contributed by atoms with Crippen LogP contribution in [0.5, 0.6) is 0 Å². The highest BCUT2D eigenvalue weighted by atomic mass is 16.1. The van der Waals surface area contributed by atoms with Crippen molar-refractivity contribution < 1.29 is 9.59 Å². The van der Waals surface area contributed by atoms with Gasteiger partial charge < -0.3 is 10.6 Å². The van der Waals surface area contributed by atoms with Crippen molar-refractivity contribution >= 4 is 22.9 Å². The molecule has 0 heterocycles. The average Bonchev–Trinajstić information content (AvgIpc) is 2.75. The Morgan fingerprint density at radius 1 is 0.862 bits per heavy atom. The molecule has 0 atom stereocenters. The molecule has 0 saturated heterocycles. The fourth-order valence-corrected chi connectivity index (χ4v) is 3.27. The Hall–Kier alpha value is -3.94. The van der Waals surface area contributed by atoms with E-state index in [1.165, 1.54) is 0 Å². The molecule has 0 fully saturated rings. The Morgan fingerprint density at radius 3 is 2.17 bits per heavy atom. The number of ketones is 2.